The molecule has 7 aromatic rings. The normalized spacial score (nSPS) is 21.2. The van der Waals surface area contributed by atoms with E-state index in [0.29, 0.717) is 22.5 Å². The van der Waals surface area contributed by atoms with E-state index in [1.54, 1.807) is 4.91 Å². The molecule has 12 rings (SSSR count). The standard InChI is InChI=1S/C55H42N2S2/c1-55(2)47-20-9-6-17-43(47)44-32-31-42(34-48(44)55)56(39-25-23-36(24-26-39)38-16-12-15-37(33-38)35-13-4-3-5-14-35)40-27-29-41(30-28-40)57-51-45-18-7-10-21-49(45)58-53(51)54-52(57)46-19-8-11-22-50(46)59-54/h3-34,45,49,52,54H,1-2H3. The van der Waals surface area contributed by atoms with Gasteiger partial charge in [0, 0.05) is 54.8 Å². The van der Waals surface area contributed by atoms with Crippen molar-refractivity contribution in [3.05, 3.63) is 221 Å². The van der Waals surface area contributed by atoms with Crippen LogP contribution in [0.2, 0.25) is 0 Å². The van der Waals surface area contributed by atoms with Gasteiger partial charge in [-0.15, -0.1) is 23.5 Å². The van der Waals surface area contributed by atoms with Crippen LogP contribution < -0.4 is 9.80 Å². The number of fused-ring (bicyclic) bond motifs is 9. The number of benzene rings is 7. The molecule has 4 atom stereocenters. The van der Waals surface area contributed by atoms with E-state index in [0.717, 1.165) is 17.1 Å². The van der Waals surface area contributed by atoms with Crippen molar-refractivity contribution in [3.8, 4) is 33.4 Å². The third-order valence-electron chi connectivity index (χ3n) is 13.1. The molecular weight excluding hydrogens is 753 g/mol. The summed E-state index contributed by atoms with van der Waals surface area (Å²) in [6, 6.07) is 63.5. The molecule has 0 saturated carbocycles. The van der Waals surface area contributed by atoms with Crippen LogP contribution in [0.5, 0.6) is 0 Å². The molecule has 0 bridgehead atoms. The van der Waals surface area contributed by atoms with Crippen LogP contribution in [0, 0.1) is 5.92 Å². The van der Waals surface area contributed by atoms with Gasteiger partial charge in [-0.3, -0.25) is 0 Å². The van der Waals surface area contributed by atoms with Gasteiger partial charge >= 0.3 is 0 Å². The lowest BCUT2D eigenvalue weighted by molar-refractivity contribution is 0.660. The van der Waals surface area contributed by atoms with Crippen LogP contribution in [0.3, 0.4) is 0 Å². The van der Waals surface area contributed by atoms with Crippen molar-refractivity contribution >= 4 is 46.3 Å². The molecule has 0 aromatic heterocycles. The second-order valence-corrected chi connectivity index (χ2v) is 19.2. The lowest BCUT2D eigenvalue weighted by Gasteiger charge is -2.34. The average Bonchev–Trinajstić information content (AvgIpc) is 4.01. The Kier molecular flexibility index (Phi) is 8.05. The molecule has 3 aliphatic heterocycles. The Bertz CT molecular complexity index is 2890. The van der Waals surface area contributed by atoms with Gasteiger partial charge in [0.15, 0.2) is 0 Å². The van der Waals surface area contributed by atoms with Crippen LogP contribution in [0.1, 0.15) is 36.6 Å². The molecular formula is C55H42N2S2. The van der Waals surface area contributed by atoms with E-state index in [1.165, 1.54) is 66.4 Å². The van der Waals surface area contributed by atoms with Crippen molar-refractivity contribution in [3.63, 3.8) is 0 Å². The van der Waals surface area contributed by atoms with Gasteiger partial charge in [0.2, 0.25) is 0 Å². The maximum atomic E-state index is 2.70. The summed E-state index contributed by atoms with van der Waals surface area (Å²) in [5.74, 6) is 0.389. The van der Waals surface area contributed by atoms with E-state index in [4.69, 9.17) is 0 Å². The average molecular weight is 795 g/mol. The zero-order chi connectivity index (χ0) is 39.2. The molecule has 0 saturated heterocycles. The highest BCUT2D eigenvalue weighted by molar-refractivity contribution is 8.07. The summed E-state index contributed by atoms with van der Waals surface area (Å²) in [6.45, 7) is 4.74. The van der Waals surface area contributed by atoms with Crippen molar-refractivity contribution in [1.82, 2.24) is 0 Å². The van der Waals surface area contributed by atoms with Gasteiger partial charge < -0.3 is 9.80 Å². The number of nitrogens with zero attached hydrogens (tertiary/aromatic N) is 2. The minimum Gasteiger partial charge on any atom is -0.335 e. The minimum absolute atomic E-state index is 0.0989. The zero-order valence-corrected chi connectivity index (χ0v) is 34.6. The lowest BCUT2D eigenvalue weighted by atomic mass is 9.82. The van der Waals surface area contributed by atoms with Crippen LogP contribution >= 0.6 is 23.5 Å². The topological polar surface area (TPSA) is 6.48 Å². The van der Waals surface area contributed by atoms with Crippen LogP contribution in [0.4, 0.5) is 22.7 Å². The van der Waals surface area contributed by atoms with Crippen molar-refractivity contribution in [1.29, 1.82) is 0 Å². The van der Waals surface area contributed by atoms with Crippen LogP contribution in [0.15, 0.2) is 210 Å². The fraction of sp³-hybridized carbons (Fsp3) is 0.127. The molecule has 7 aromatic carbocycles. The fourth-order valence-electron chi connectivity index (χ4n) is 10.3. The lowest BCUT2D eigenvalue weighted by Crippen LogP contribution is -2.31. The number of hydrogen-bond acceptors (Lipinski definition) is 4. The second-order valence-electron chi connectivity index (χ2n) is 16.8. The predicted octanol–water partition coefficient (Wildman–Crippen LogP) is 14.9. The first kappa shape index (κ1) is 35.0. The van der Waals surface area contributed by atoms with Gasteiger partial charge in [0.1, 0.15) is 0 Å². The summed E-state index contributed by atoms with van der Waals surface area (Å²) in [6.07, 6.45) is 9.30. The quantitative estimate of drug-likeness (QED) is 0.165. The molecule has 4 unspecified atom stereocenters. The van der Waals surface area contributed by atoms with Crippen molar-refractivity contribution < 1.29 is 0 Å². The Morgan fingerprint density at radius 1 is 0.525 bits per heavy atom. The van der Waals surface area contributed by atoms with Crippen LogP contribution in [-0.4, -0.2) is 10.5 Å². The van der Waals surface area contributed by atoms with E-state index in [-0.39, 0.29) is 5.41 Å². The highest BCUT2D eigenvalue weighted by Gasteiger charge is 2.53. The Morgan fingerprint density at radius 2 is 1.17 bits per heavy atom. The molecule has 2 nitrogen and oxygen atoms in total. The molecule has 0 fully saturated rings. The van der Waals surface area contributed by atoms with Gasteiger partial charge in [0.25, 0.3) is 0 Å². The summed E-state index contributed by atoms with van der Waals surface area (Å²) >= 11 is 4.14. The summed E-state index contributed by atoms with van der Waals surface area (Å²) in [7, 11) is 0. The summed E-state index contributed by atoms with van der Waals surface area (Å²) in [5, 5.41) is 0.883. The number of allylic oxidation sites excluding steroid dienone is 3. The van der Waals surface area contributed by atoms with Crippen LogP contribution in [-0.2, 0) is 5.41 Å². The fourth-order valence-corrected chi connectivity index (χ4v) is 13.4. The third kappa shape index (κ3) is 5.50. The SMILES string of the molecule is CC1(C)c2ccccc2-c2ccc(N(c3ccc(-c4cccc(-c5ccccc5)c4)cc3)c3ccc(N4C5=C(SC6C=CC=CC56)C5Sc6ccccc6C54)cc3)cc21. The highest BCUT2D eigenvalue weighted by Crippen LogP contribution is 2.65. The molecule has 59 heavy (non-hydrogen) atoms. The van der Waals surface area contributed by atoms with Gasteiger partial charge in [0.05, 0.1) is 11.3 Å². The zero-order valence-electron chi connectivity index (χ0n) is 33.0. The molecule has 2 aliphatic carbocycles. The van der Waals surface area contributed by atoms with Gasteiger partial charge in [-0.05, 0) is 111 Å². The molecule has 284 valence electrons. The largest absolute Gasteiger partial charge is 0.335 e. The van der Waals surface area contributed by atoms with Crippen molar-refractivity contribution in [2.45, 2.75) is 40.7 Å². The monoisotopic (exact) mass is 794 g/mol. The number of hydrogen-bond donors (Lipinski definition) is 0. The molecule has 0 N–H and O–H groups in total. The number of rotatable bonds is 6. The smallest absolute Gasteiger partial charge is 0.0768 e. The minimum atomic E-state index is -0.0989. The van der Waals surface area contributed by atoms with Gasteiger partial charge in [-0.2, -0.15) is 0 Å². The summed E-state index contributed by atoms with van der Waals surface area (Å²) in [4.78, 5) is 8.12. The summed E-state index contributed by atoms with van der Waals surface area (Å²) in [5.41, 5.74) is 17.9. The van der Waals surface area contributed by atoms with Crippen LogP contribution in [0.25, 0.3) is 33.4 Å². The van der Waals surface area contributed by atoms with Gasteiger partial charge in [-0.25, -0.2) is 0 Å². The third-order valence-corrected chi connectivity index (χ3v) is 16.1. The molecule has 3 heterocycles. The highest BCUT2D eigenvalue weighted by atomic mass is 32.2. The second kappa shape index (κ2) is 13.6. The first-order valence-corrected chi connectivity index (χ1v) is 22.5. The summed E-state index contributed by atoms with van der Waals surface area (Å²) < 4.78 is 0. The van der Waals surface area contributed by atoms with Gasteiger partial charge in [-0.1, -0.05) is 147 Å². The Labute approximate surface area is 355 Å². The molecule has 5 aliphatic rings. The Balaban J connectivity index is 0.952. The van der Waals surface area contributed by atoms with Crippen molar-refractivity contribution in [2.75, 3.05) is 9.80 Å². The first-order valence-electron chi connectivity index (χ1n) is 20.7. The Hall–Kier alpha value is -5.94. The molecule has 4 heteroatoms. The molecule has 0 spiro atoms. The van der Waals surface area contributed by atoms with E-state index < -0.39 is 0 Å². The first-order chi connectivity index (χ1) is 29.0. The van der Waals surface area contributed by atoms with E-state index in [1.807, 2.05) is 0 Å². The maximum absolute atomic E-state index is 2.70. The van der Waals surface area contributed by atoms with E-state index >= 15 is 0 Å². The molecule has 0 amide bonds. The number of thioether (sulfide) groups is 2. The number of anilines is 4. The Morgan fingerprint density at radius 3 is 1.98 bits per heavy atom. The maximum Gasteiger partial charge on any atom is 0.0768 e. The molecule has 0 radical (unpaired) electrons. The predicted molar refractivity (Wildman–Crippen MR) is 251 cm³/mol. The van der Waals surface area contributed by atoms with Crippen molar-refractivity contribution in [2.24, 2.45) is 5.92 Å². The van der Waals surface area contributed by atoms with E-state index in [9.17, 15) is 0 Å². The van der Waals surface area contributed by atoms with E-state index in [2.05, 4.69) is 241 Å².